The van der Waals surface area contributed by atoms with Gasteiger partial charge in [-0.15, -0.1) is 0 Å². The smallest absolute Gasteiger partial charge is 0.339 e. The largest absolute Gasteiger partial charge is 0.451 e. The lowest BCUT2D eigenvalue weighted by atomic mass is 9.83. The van der Waals surface area contributed by atoms with Crippen LogP contribution in [0.1, 0.15) is 120 Å². The van der Waals surface area contributed by atoms with Gasteiger partial charge in [0.15, 0.2) is 0 Å². The number of unbranched alkanes of at least 4 members (excludes halogenated alkanes) is 10. The van der Waals surface area contributed by atoms with Gasteiger partial charge in [-0.25, -0.2) is 4.79 Å². The van der Waals surface area contributed by atoms with Gasteiger partial charge >= 0.3 is 5.97 Å². The summed E-state index contributed by atoms with van der Waals surface area (Å²) in [7, 11) is 0. The number of cyclic esters (lactones) is 1. The summed E-state index contributed by atoms with van der Waals surface area (Å²) >= 11 is 0. The van der Waals surface area contributed by atoms with Gasteiger partial charge in [0, 0.05) is 5.56 Å². The van der Waals surface area contributed by atoms with Crippen molar-refractivity contribution in [1.29, 1.82) is 0 Å². The first-order chi connectivity index (χ1) is 12.7. The van der Waals surface area contributed by atoms with Crippen LogP contribution in [0.2, 0.25) is 0 Å². The van der Waals surface area contributed by atoms with Crippen LogP contribution in [0.25, 0.3) is 0 Å². The molecule has 1 aliphatic heterocycles. The van der Waals surface area contributed by atoms with Crippen molar-refractivity contribution in [2.45, 2.75) is 109 Å². The Bertz CT molecular complexity index is 519. The van der Waals surface area contributed by atoms with Crippen LogP contribution in [0.5, 0.6) is 0 Å². The van der Waals surface area contributed by atoms with E-state index < -0.39 is 0 Å². The molecule has 0 aliphatic carbocycles. The molecule has 0 radical (unpaired) electrons. The van der Waals surface area contributed by atoms with Crippen LogP contribution in [0.4, 0.5) is 0 Å². The zero-order valence-electron chi connectivity index (χ0n) is 17.0. The first kappa shape index (κ1) is 21.0. The normalized spacial score (nSPS) is 15.1. The van der Waals surface area contributed by atoms with E-state index in [9.17, 15) is 4.79 Å². The van der Waals surface area contributed by atoms with Gasteiger partial charge < -0.3 is 4.74 Å². The molecule has 1 heterocycles. The number of ether oxygens (including phenoxy) is 1. The molecule has 0 unspecified atom stereocenters. The maximum absolute atomic E-state index is 12.4. The van der Waals surface area contributed by atoms with E-state index in [1.54, 1.807) is 0 Å². The summed E-state index contributed by atoms with van der Waals surface area (Å²) in [6, 6.07) is 8.06. The predicted molar refractivity (Wildman–Crippen MR) is 110 cm³/mol. The SMILES string of the molecule is CCCCCCCCC1(CCCCCCCC)OC(=O)c2ccccc21. The van der Waals surface area contributed by atoms with E-state index in [0.29, 0.717) is 0 Å². The molecule has 0 spiro atoms. The minimum atomic E-state index is -0.358. The molecule has 146 valence electrons. The van der Waals surface area contributed by atoms with Crippen molar-refractivity contribution in [3.63, 3.8) is 0 Å². The third kappa shape index (κ3) is 5.86. The summed E-state index contributed by atoms with van der Waals surface area (Å²) in [4.78, 5) is 12.4. The van der Waals surface area contributed by atoms with E-state index in [2.05, 4.69) is 26.0 Å². The number of hydrogen-bond acceptors (Lipinski definition) is 2. The van der Waals surface area contributed by atoms with E-state index in [0.717, 1.165) is 36.8 Å². The summed E-state index contributed by atoms with van der Waals surface area (Å²) in [6.07, 6.45) is 17.3. The molecule has 1 aliphatic rings. The molecule has 26 heavy (non-hydrogen) atoms. The molecular formula is C24H38O2. The molecule has 2 rings (SSSR count). The highest BCUT2D eigenvalue weighted by molar-refractivity contribution is 5.94. The van der Waals surface area contributed by atoms with Gasteiger partial charge in [0.1, 0.15) is 5.60 Å². The molecule has 0 aromatic heterocycles. The number of esters is 1. The van der Waals surface area contributed by atoms with Crippen molar-refractivity contribution >= 4 is 5.97 Å². The van der Waals surface area contributed by atoms with Crippen LogP contribution in [0.3, 0.4) is 0 Å². The first-order valence-electron chi connectivity index (χ1n) is 11.1. The Hall–Kier alpha value is -1.31. The summed E-state index contributed by atoms with van der Waals surface area (Å²) in [6.45, 7) is 4.51. The highest BCUT2D eigenvalue weighted by Gasteiger charge is 2.44. The van der Waals surface area contributed by atoms with Crippen molar-refractivity contribution in [3.05, 3.63) is 35.4 Å². The van der Waals surface area contributed by atoms with Crippen molar-refractivity contribution in [1.82, 2.24) is 0 Å². The first-order valence-corrected chi connectivity index (χ1v) is 11.1. The molecule has 2 nitrogen and oxygen atoms in total. The molecular weight excluding hydrogens is 320 g/mol. The molecule has 1 aromatic carbocycles. The molecule has 0 saturated heterocycles. The molecule has 0 bridgehead atoms. The number of rotatable bonds is 14. The molecule has 0 atom stereocenters. The Morgan fingerprint density at radius 2 is 1.23 bits per heavy atom. The second-order valence-corrected chi connectivity index (χ2v) is 7.96. The van der Waals surface area contributed by atoms with Gasteiger partial charge in [0.25, 0.3) is 0 Å². The number of carbonyl (C=O) groups is 1. The summed E-state index contributed by atoms with van der Waals surface area (Å²) < 4.78 is 6.04. The summed E-state index contributed by atoms with van der Waals surface area (Å²) in [5.74, 6) is -0.113. The standard InChI is InChI=1S/C24H38O2/c1-3-5-7-9-11-15-19-24(20-16-12-10-8-6-4-2)22-18-14-13-17-21(22)23(25)26-24/h13-14,17-18H,3-12,15-16,19-20H2,1-2H3. The maximum Gasteiger partial charge on any atom is 0.339 e. The van der Waals surface area contributed by atoms with Crippen molar-refractivity contribution in [2.24, 2.45) is 0 Å². The second kappa shape index (κ2) is 11.4. The van der Waals surface area contributed by atoms with E-state index in [4.69, 9.17) is 4.74 Å². The van der Waals surface area contributed by atoms with Crippen LogP contribution in [-0.2, 0) is 10.3 Å². The number of fused-ring (bicyclic) bond motifs is 1. The molecule has 0 amide bonds. The lowest BCUT2D eigenvalue weighted by Crippen LogP contribution is -2.26. The molecule has 0 saturated carbocycles. The Labute approximate surface area is 160 Å². The minimum absolute atomic E-state index is 0.113. The molecule has 2 heteroatoms. The molecule has 0 N–H and O–H groups in total. The highest BCUT2D eigenvalue weighted by atomic mass is 16.6. The van der Waals surface area contributed by atoms with Gasteiger partial charge in [-0.3, -0.25) is 0 Å². The molecule has 0 fully saturated rings. The molecule has 1 aromatic rings. The zero-order chi connectivity index (χ0) is 18.7. The van der Waals surface area contributed by atoms with E-state index in [1.165, 1.54) is 64.2 Å². The van der Waals surface area contributed by atoms with E-state index in [-0.39, 0.29) is 11.6 Å². The third-order valence-electron chi connectivity index (χ3n) is 5.79. The minimum Gasteiger partial charge on any atom is -0.451 e. The average Bonchev–Trinajstić information content (AvgIpc) is 2.94. The van der Waals surface area contributed by atoms with E-state index in [1.807, 2.05) is 12.1 Å². The van der Waals surface area contributed by atoms with Gasteiger partial charge in [0.2, 0.25) is 0 Å². The Morgan fingerprint density at radius 3 is 1.81 bits per heavy atom. The van der Waals surface area contributed by atoms with Crippen LogP contribution in [-0.4, -0.2) is 5.97 Å². The van der Waals surface area contributed by atoms with Crippen LogP contribution >= 0.6 is 0 Å². The summed E-state index contributed by atoms with van der Waals surface area (Å²) in [5.41, 5.74) is 1.58. The number of benzene rings is 1. The average molecular weight is 359 g/mol. The fourth-order valence-corrected chi connectivity index (χ4v) is 4.22. The van der Waals surface area contributed by atoms with Crippen LogP contribution in [0.15, 0.2) is 24.3 Å². The lowest BCUT2D eigenvalue weighted by molar-refractivity contribution is -0.0202. The van der Waals surface area contributed by atoms with Gasteiger partial charge in [-0.1, -0.05) is 96.3 Å². The fourth-order valence-electron chi connectivity index (χ4n) is 4.22. The monoisotopic (exact) mass is 358 g/mol. The maximum atomic E-state index is 12.4. The summed E-state index contributed by atoms with van der Waals surface area (Å²) in [5, 5.41) is 0. The highest BCUT2D eigenvalue weighted by Crippen LogP contribution is 2.44. The van der Waals surface area contributed by atoms with Crippen molar-refractivity contribution in [3.8, 4) is 0 Å². The predicted octanol–water partition coefficient (Wildman–Crippen LogP) is 7.55. The van der Waals surface area contributed by atoms with Crippen LogP contribution < -0.4 is 0 Å². The zero-order valence-corrected chi connectivity index (χ0v) is 17.0. The fraction of sp³-hybridized carbons (Fsp3) is 0.708. The van der Waals surface area contributed by atoms with Gasteiger partial charge in [-0.05, 0) is 31.7 Å². The Kier molecular flexibility index (Phi) is 9.22. The second-order valence-electron chi connectivity index (χ2n) is 7.96. The van der Waals surface area contributed by atoms with Gasteiger partial charge in [0.05, 0.1) is 5.56 Å². The number of carbonyl (C=O) groups excluding carboxylic acids is 1. The lowest BCUT2D eigenvalue weighted by Gasteiger charge is -2.29. The van der Waals surface area contributed by atoms with Gasteiger partial charge in [-0.2, -0.15) is 0 Å². The quantitative estimate of drug-likeness (QED) is 0.253. The van der Waals surface area contributed by atoms with Crippen LogP contribution in [0, 0.1) is 0 Å². The Balaban J connectivity index is 1.93. The Morgan fingerprint density at radius 1 is 0.731 bits per heavy atom. The number of hydrogen-bond donors (Lipinski definition) is 0. The van der Waals surface area contributed by atoms with Crippen molar-refractivity contribution in [2.75, 3.05) is 0 Å². The topological polar surface area (TPSA) is 26.3 Å². The van der Waals surface area contributed by atoms with E-state index >= 15 is 0 Å². The van der Waals surface area contributed by atoms with Crippen molar-refractivity contribution < 1.29 is 9.53 Å². The third-order valence-corrected chi connectivity index (χ3v) is 5.79.